The summed E-state index contributed by atoms with van der Waals surface area (Å²) in [6, 6.07) is 6.85. The third-order valence-electron chi connectivity index (χ3n) is 5.32. The van der Waals surface area contributed by atoms with Gasteiger partial charge in [-0.3, -0.25) is 9.69 Å². The molecule has 1 N–H and O–H groups in total. The van der Waals surface area contributed by atoms with E-state index < -0.39 is 0 Å². The van der Waals surface area contributed by atoms with Gasteiger partial charge in [0.15, 0.2) is 11.6 Å². The van der Waals surface area contributed by atoms with Crippen molar-refractivity contribution in [3.05, 3.63) is 59.0 Å². The number of hydrogen-bond donors (Lipinski definition) is 1. The maximum absolute atomic E-state index is 12.6. The van der Waals surface area contributed by atoms with Crippen molar-refractivity contribution in [2.24, 2.45) is 0 Å². The first-order valence-electron chi connectivity index (χ1n) is 9.83. The third kappa shape index (κ3) is 3.17. The average Bonchev–Trinajstić information content (AvgIpc) is 3.56. The summed E-state index contributed by atoms with van der Waals surface area (Å²) in [6.45, 7) is 4.35. The molecule has 9 nitrogen and oxygen atoms in total. The number of carbonyl (C=O) groups is 1. The maximum Gasteiger partial charge on any atom is 0.289 e. The summed E-state index contributed by atoms with van der Waals surface area (Å²) < 4.78 is 12.5. The van der Waals surface area contributed by atoms with Crippen molar-refractivity contribution in [2.45, 2.75) is 19.4 Å². The van der Waals surface area contributed by atoms with Crippen LogP contribution in [0.2, 0.25) is 0 Å². The highest BCUT2D eigenvalue weighted by Gasteiger charge is 2.34. The zero-order chi connectivity index (χ0) is 20.7. The van der Waals surface area contributed by atoms with Gasteiger partial charge in [0, 0.05) is 32.6 Å². The van der Waals surface area contributed by atoms with Gasteiger partial charge in [0.2, 0.25) is 10.8 Å². The molecule has 1 fully saturated rings. The first-order chi connectivity index (χ1) is 14.7. The van der Waals surface area contributed by atoms with Crippen molar-refractivity contribution >= 4 is 22.2 Å². The van der Waals surface area contributed by atoms with Crippen LogP contribution in [0, 0.1) is 0 Å². The van der Waals surface area contributed by atoms with Gasteiger partial charge in [-0.05, 0) is 24.3 Å². The van der Waals surface area contributed by atoms with Gasteiger partial charge in [-0.2, -0.15) is 4.52 Å². The van der Waals surface area contributed by atoms with Gasteiger partial charge < -0.3 is 18.8 Å². The second-order valence-corrected chi connectivity index (χ2v) is 8.10. The number of aromatic hydroxyl groups is 1. The molecule has 10 heteroatoms. The molecule has 1 aliphatic heterocycles. The van der Waals surface area contributed by atoms with E-state index in [2.05, 4.69) is 15.0 Å². The molecule has 4 aromatic heterocycles. The quantitative estimate of drug-likeness (QED) is 0.523. The van der Waals surface area contributed by atoms with E-state index in [1.165, 1.54) is 22.1 Å². The van der Waals surface area contributed by atoms with E-state index in [9.17, 15) is 9.90 Å². The van der Waals surface area contributed by atoms with Crippen molar-refractivity contribution in [2.75, 3.05) is 26.2 Å². The topological polar surface area (TPSA) is 100 Å². The van der Waals surface area contributed by atoms with Crippen LogP contribution in [0.1, 0.15) is 40.0 Å². The van der Waals surface area contributed by atoms with Crippen LogP contribution in [-0.2, 0) is 6.42 Å². The normalized spacial score (nSPS) is 16.4. The molecule has 156 valence electrons. The highest BCUT2D eigenvalue weighted by atomic mass is 32.1. The van der Waals surface area contributed by atoms with Crippen LogP contribution in [-0.4, -0.2) is 61.6 Å². The molecule has 0 aliphatic carbocycles. The molecule has 1 atom stereocenters. The summed E-state index contributed by atoms with van der Waals surface area (Å²) in [5.41, 5.74) is 0. The highest BCUT2D eigenvalue weighted by Crippen LogP contribution is 2.40. The Labute approximate surface area is 176 Å². The number of amides is 1. The van der Waals surface area contributed by atoms with E-state index >= 15 is 0 Å². The molecule has 0 bridgehead atoms. The zero-order valence-corrected chi connectivity index (χ0v) is 17.2. The van der Waals surface area contributed by atoms with E-state index in [1.807, 2.05) is 19.1 Å². The monoisotopic (exact) mass is 427 g/mol. The summed E-state index contributed by atoms with van der Waals surface area (Å²) >= 11 is 1.41. The number of hydrogen-bond acceptors (Lipinski definition) is 8. The molecule has 1 amide bonds. The highest BCUT2D eigenvalue weighted by molar-refractivity contribution is 7.17. The molecule has 30 heavy (non-hydrogen) atoms. The third-order valence-corrected chi connectivity index (χ3v) is 6.39. The van der Waals surface area contributed by atoms with Gasteiger partial charge in [0.05, 0.1) is 17.4 Å². The fraction of sp³-hybridized carbons (Fsp3) is 0.350. The number of thiazole rings is 1. The molecule has 1 aliphatic rings. The van der Waals surface area contributed by atoms with Crippen LogP contribution in [0.3, 0.4) is 0 Å². The van der Waals surface area contributed by atoms with E-state index in [1.54, 1.807) is 23.3 Å². The summed E-state index contributed by atoms with van der Waals surface area (Å²) in [5.74, 6) is 1.75. The van der Waals surface area contributed by atoms with Crippen molar-refractivity contribution in [3.8, 4) is 5.88 Å². The SMILES string of the molecule is CCc1nc2sc([C@@H](c3ccco3)N3CCN(C(=O)c4ccco4)CC3)c(O)n2n1. The summed E-state index contributed by atoms with van der Waals surface area (Å²) in [6.07, 6.45) is 3.84. The lowest BCUT2D eigenvalue weighted by Gasteiger charge is -2.37. The van der Waals surface area contributed by atoms with Crippen molar-refractivity contribution in [1.29, 1.82) is 0 Å². The zero-order valence-electron chi connectivity index (χ0n) is 16.4. The van der Waals surface area contributed by atoms with E-state index in [0.29, 0.717) is 49.1 Å². The largest absolute Gasteiger partial charge is 0.492 e. The fourth-order valence-corrected chi connectivity index (χ4v) is 4.90. The van der Waals surface area contributed by atoms with Gasteiger partial charge in [-0.25, -0.2) is 4.98 Å². The van der Waals surface area contributed by atoms with Crippen LogP contribution in [0.15, 0.2) is 45.6 Å². The number of aryl methyl sites for hydroxylation is 1. The Balaban J connectivity index is 1.42. The van der Waals surface area contributed by atoms with E-state index in [4.69, 9.17) is 8.83 Å². The predicted octanol–water partition coefficient (Wildman–Crippen LogP) is 2.79. The second kappa shape index (κ2) is 7.62. The maximum atomic E-state index is 12.6. The first-order valence-corrected chi connectivity index (χ1v) is 10.6. The molecular weight excluding hydrogens is 406 g/mol. The van der Waals surface area contributed by atoms with Crippen LogP contribution < -0.4 is 0 Å². The standard InChI is InChI=1S/C20H21N5O4S/c1-2-15-21-20-25(22-15)19(27)17(30-20)16(13-5-3-11-28-13)23-7-9-24(10-8-23)18(26)14-6-4-12-29-14/h3-6,11-12,16,27H,2,7-10H2,1H3/t16-/m1/s1. The van der Waals surface area contributed by atoms with Crippen molar-refractivity contribution < 1.29 is 18.7 Å². The lowest BCUT2D eigenvalue weighted by molar-refractivity contribution is 0.0554. The minimum Gasteiger partial charge on any atom is -0.492 e. The Bertz CT molecular complexity index is 1140. The Hall–Kier alpha value is -3.11. The van der Waals surface area contributed by atoms with Crippen molar-refractivity contribution in [1.82, 2.24) is 24.4 Å². The molecule has 5 heterocycles. The molecule has 0 aromatic carbocycles. The molecule has 5 rings (SSSR count). The minimum atomic E-state index is -0.278. The van der Waals surface area contributed by atoms with E-state index in [0.717, 1.165) is 10.6 Å². The Morgan fingerprint density at radius 2 is 1.97 bits per heavy atom. The van der Waals surface area contributed by atoms with Gasteiger partial charge in [0.1, 0.15) is 11.8 Å². The summed E-state index contributed by atoms with van der Waals surface area (Å²) in [5, 5.41) is 15.3. The minimum absolute atomic E-state index is 0.0812. The number of fused-ring (bicyclic) bond motifs is 1. The number of carbonyl (C=O) groups excluding carboxylic acids is 1. The molecule has 0 unspecified atom stereocenters. The Morgan fingerprint density at radius 3 is 2.60 bits per heavy atom. The predicted molar refractivity (Wildman–Crippen MR) is 109 cm³/mol. The van der Waals surface area contributed by atoms with Crippen LogP contribution in [0.4, 0.5) is 0 Å². The van der Waals surface area contributed by atoms with Gasteiger partial charge in [0.25, 0.3) is 5.91 Å². The van der Waals surface area contributed by atoms with Crippen LogP contribution >= 0.6 is 11.3 Å². The number of nitrogens with zero attached hydrogens (tertiary/aromatic N) is 5. The first kappa shape index (κ1) is 18.9. The fourth-order valence-electron chi connectivity index (χ4n) is 3.78. The molecule has 4 aromatic rings. The number of aromatic nitrogens is 3. The molecule has 0 spiro atoms. The summed E-state index contributed by atoms with van der Waals surface area (Å²) in [4.78, 5) is 22.4. The van der Waals surface area contributed by atoms with Gasteiger partial charge >= 0.3 is 0 Å². The van der Waals surface area contributed by atoms with Crippen LogP contribution in [0.5, 0.6) is 5.88 Å². The molecule has 1 saturated heterocycles. The van der Waals surface area contributed by atoms with Gasteiger partial charge in [-0.15, -0.1) is 5.10 Å². The Kier molecular flexibility index (Phi) is 4.80. The lowest BCUT2D eigenvalue weighted by atomic mass is 10.1. The average molecular weight is 427 g/mol. The number of piperazine rings is 1. The number of furan rings is 2. The van der Waals surface area contributed by atoms with Crippen LogP contribution in [0.25, 0.3) is 4.96 Å². The van der Waals surface area contributed by atoms with Crippen molar-refractivity contribution in [3.63, 3.8) is 0 Å². The Morgan fingerprint density at radius 1 is 1.20 bits per heavy atom. The molecule has 0 saturated carbocycles. The molecular formula is C20H21N5O4S. The second-order valence-electron chi connectivity index (χ2n) is 7.09. The summed E-state index contributed by atoms with van der Waals surface area (Å²) in [7, 11) is 0. The van der Waals surface area contributed by atoms with Gasteiger partial charge in [-0.1, -0.05) is 18.3 Å². The smallest absolute Gasteiger partial charge is 0.289 e. The lowest BCUT2D eigenvalue weighted by Crippen LogP contribution is -2.49. The number of rotatable bonds is 5. The molecule has 0 radical (unpaired) electrons. The van der Waals surface area contributed by atoms with E-state index in [-0.39, 0.29) is 17.8 Å².